The van der Waals surface area contributed by atoms with Crippen molar-refractivity contribution in [1.29, 1.82) is 0 Å². The number of alkyl halides is 1. The first kappa shape index (κ1) is 29.3. The van der Waals surface area contributed by atoms with E-state index in [1.54, 1.807) is 59.0 Å². The van der Waals surface area contributed by atoms with E-state index in [1.807, 2.05) is 0 Å². The van der Waals surface area contributed by atoms with Gasteiger partial charge in [0, 0.05) is 59.5 Å². The minimum Gasteiger partial charge on any atom is -0.489 e. The number of halogens is 3. The minimum atomic E-state index is -2.82. The topological polar surface area (TPSA) is 86.6 Å². The standard InChI is InChI=1S/C34H39F3N4O4/c1-20-23(29(39-41(20)8)31(42)34(5,6)19-35)14-16-44-30-24(10-11-26(36)28(30)37)21-9-12-27-25(17-21)22(13-15-38-27)18-40(7)32(43)45-33(2,3)4/h9-13,15,17H,14,16,18-19H2,1-8H3/i7D3. The van der Waals surface area contributed by atoms with Gasteiger partial charge in [-0.1, -0.05) is 6.07 Å². The van der Waals surface area contributed by atoms with Crippen LogP contribution in [0.2, 0.25) is 0 Å². The number of Topliss-reactive ketones (excluding diaryl/α,β-unsaturated/α-hetero) is 1. The molecule has 0 saturated carbocycles. The molecule has 0 atom stereocenters. The summed E-state index contributed by atoms with van der Waals surface area (Å²) in [5.74, 6) is -3.22. The number of carbonyl (C=O) groups is 2. The van der Waals surface area contributed by atoms with Gasteiger partial charge in [0.15, 0.2) is 17.3 Å². The van der Waals surface area contributed by atoms with Crippen LogP contribution in [0.15, 0.2) is 42.6 Å². The van der Waals surface area contributed by atoms with Gasteiger partial charge in [0.1, 0.15) is 18.0 Å². The number of aromatic nitrogens is 3. The van der Waals surface area contributed by atoms with E-state index in [1.165, 1.54) is 30.8 Å². The number of aryl methyl sites for hydroxylation is 1. The molecule has 4 aromatic rings. The summed E-state index contributed by atoms with van der Waals surface area (Å²) in [6, 6.07) is 8.79. The number of rotatable bonds is 10. The third kappa shape index (κ3) is 7.29. The van der Waals surface area contributed by atoms with Gasteiger partial charge in [0.05, 0.1) is 17.5 Å². The molecule has 0 spiro atoms. The van der Waals surface area contributed by atoms with E-state index in [-0.39, 0.29) is 36.6 Å². The van der Waals surface area contributed by atoms with E-state index < -0.39 is 48.2 Å². The number of benzene rings is 2. The highest BCUT2D eigenvalue weighted by atomic mass is 19.2. The minimum absolute atomic E-state index is 0.0910. The number of hydrogen-bond acceptors (Lipinski definition) is 6. The van der Waals surface area contributed by atoms with Crippen molar-refractivity contribution in [2.45, 2.75) is 60.1 Å². The lowest BCUT2D eigenvalue weighted by Gasteiger charge is -2.25. The summed E-state index contributed by atoms with van der Waals surface area (Å²) in [6.07, 6.45) is 0.548. The molecule has 0 aliphatic carbocycles. The van der Waals surface area contributed by atoms with Gasteiger partial charge in [-0.25, -0.2) is 9.18 Å². The number of hydrogen-bond donors (Lipinski definition) is 0. The zero-order valence-electron chi connectivity index (χ0n) is 29.4. The summed E-state index contributed by atoms with van der Waals surface area (Å²) >= 11 is 0. The molecule has 0 bridgehead atoms. The van der Waals surface area contributed by atoms with Gasteiger partial charge in [0.25, 0.3) is 0 Å². The van der Waals surface area contributed by atoms with Crippen LogP contribution in [-0.2, 0) is 24.8 Å². The Morgan fingerprint density at radius 1 is 1.09 bits per heavy atom. The third-order valence-electron chi connectivity index (χ3n) is 7.36. The van der Waals surface area contributed by atoms with Crippen LogP contribution in [0.25, 0.3) is 22.0 Å². The van der Waals surface area contributed by atoms with Crippen molar-refractivity contribution in [2.75, 3.05) is 20.3 Å². The molecule has 2 aromatic heterocycles. The van der Waals surface area contributed by atoms with Crippen LogP contribution in [0.4, 0.5) is 18.0 Å². The number of amides is 1. The van der Waals surface area contributed by atoms with Crippen LogP contribution < -0.4 is 4.74 Å². The van der Waals surface area contributed by atoms with Gasteiger partial charge >= 0.3 is 6.09 Å². The number of fused-ring (bicyclic) bond motifs is 1. The van der Waals surface area contributed by atoms with Crippen molar-refractivity contribution in [3.8, 4) is 16.9 Å². The zero-order chi connectivity index (χ0) is 35.8. The van der Waals surface area contributed by atoms with Crippen molar-refractivity contribution in [3.63, 3.8) is 0 Å². The third-order valence-corrected chi connectivity index (χ3v) is 7.36. The first-order valence-electron chi connectivity index (χ1n) is 15.9. The highest BCUT2D eigenvalue weighted by molar-refractivity contribution is 6.00. The molecule has 8 nitrogen and oxygen atoms in total. The summed E-state index contributed by atoms with van der Waals surface area (Å²) in [5.41, 5.74) is 0.504. The normalized spacial score (nSPS) is 13.2. The Morgan fingerprint density at radius 2 is 1.82 bits per heavy atom. The average molecular weight is 628 g/mol. The van der Waals surface area contributed by atoms with Crippen molar-refractivity contribution in [1.82, 2.24) is 19.7 Å². The van der Waals surface area contributed by atoms with Crippen LogP contribution in [-0.4, -0.2) is 57.4 Å². The molecule has 0 aliphatic heterocycles. The second-order valence-electron chi connectivity index (χ2n) is 12.5. The molecule has 45 heavy (non-hydrogen) atoms. The Labute approximate surface area is 265 Å². The predicted octanol–water partition coefficient (Wildman–Crippen LogP) is 7.39. The molecule has 2 heterocycles. The number of ketones is 1. The van der Waals surface area contributed by atoms with Crippen molar-refractivity contribution in [2.24, 2.45) is 12.5 Å². The smallest absolute Gasteiger partial charge is 0.410 e. The van der Waals surface area contributed by atoms with Crippen molar-refractivity contribution >= 4 is 22.8 Å². The fourth-order valence-corrected chi connectivity index (χ4v) is 4.73. The molecular weight excluding hydrogens is 585 g/mol. The molecule has 11 heteroatoms. The quantitative estimate of drug-likeness (QED) is 0.171. The largest absolute Gasteiger partial charge is 0.489 e. The number of ether oxygens (including phenoxy) is 2. The molecule has 0 N–H and O–H groups in total. The lowest BCUT2D eigenvalue weighted by atomic mass is 9.86. The fourth-order valence-electron chi connectivity index (χ4n) is 4.73. The van der Waals surface area contributed by atoms with Gasteiger partial charge in [-0.2, -0.15) is 9.49 Å². The van der Waals surface area contributed by atoms with E-state index >= 15 is 4.39 Å². The molecule has 4 rings (SSSR count). The summed E-state index contributed by atoms with van der Waals surface area (Å²) in [5, 5.41) is 4.75. The first-order valence-corrected chi connectivity index (χ1v) is 14.4. The molecule has 0 radical (unpaired) electrons. The van der Waals surface area contributed by atoms with Gasteiger partial charge < -0.3 is 14.4 Å². The highest BCUT2D eigenvalue weighted by Gasteiger charge is 2.33. The molecule has 0 saturated heterocycles. The van der Waals surface area contributed by atoms with Gasteiger partial charge in [-0.05, 0) is 83.0 Å². The van der Waals surface area contributed by atoms with E-state index in [9.17, 15) is 18.4 Å². The SMILES string of the molecule is [2H]C([2H])([2H])N(Cc1ccnc2ccc(-c3ccc(F)c(F)c3OCCc3c(C(=O)C(C)(C)CF)nn(C)c3C)cc12)C(=O)OC(C)(C)C. The van der Waals surface area contributed by atoms with Crippen LogP contribution in [0, 0.1) is 24.0 Å². The summed E-state index contributed by atoms with van der Waals surface area (Å²) in [6.45, 7) is 5.37. The Balaban J connectivity index is 1.70. The summed E-state index contributed by atoms with van der Waals surface area (Å²) in [7, 11) is 1.65. The second-order valence-corrected chi connectivity index (χ2v) is 12.5. The van der Waals surface area contributed by atoms with E-state index in [4.69, 9.17) is 13.6 Å². The lowest BCUT2D eigenvalue weighted by molar-refractivity contribution is 0.0285. The maximum Gasteiger partial charge on any atom is 0.410 e. The van der Waals surface area contributed by atoms with Crippen LogP contribution in [0.1, 0.15) is 66.0 Å². The monoisotopic (exact) mass is 627 g/mol. The van der Waals surface area contributed by atoms with E-state index in [0.29, 0.717) is 38.2 Å². The van der Waals surface area contributed by atoms with Crippen molar-refractivity contribution < 1.29 is 36.3 Å². The van der Waals surface area contributed by atoms with Gasteiger partial charge in [-0.15, -0.1) is 0 Å². The second kappa shape index (κ2) is 12.9. The average Bonchev–Trinajstić information content (AvgIpc) is 3.28. The van der Waals surface area contributed by atoms with Crippen LogP contribution >= 0.6 is 0 Å². The Morgan fingerprint density at radius 3 is 2.49 bits per heavy atom. The number of pyridine rings is 1. The molecule has 1 amide bonds. The molecule has 0 unspecified atom stereocenters. The Kier molecular flexibility index (Phi) is 8.41. The molecular formula is C34H39F3N4O4. The van der Waals surface area contributed by atoms with E-state index in [2.05, 4.69) is 10.1 Å². The van der Waals surface area contributed by atoms with Gasteiger partial charge in [-0.3, -0.25) is 18.9 Å². The van der Waals surface area contributed by atoms with Gasteiger partial charge in [0.2, 0.25) is 5.82 Å². The fraction of sp³-hybridized carbons (Fsp3) is 0.412. The number of carbonyl (C=O) groups excluding carboxylic acids is 2. The highest BCUT2D eigenvalue weighted by Crippen LogP contribution is 2.36. The molecule has 2 aromatic carbocycles. The zero-order valence-corrected chi connectivity index (χ0v) is 26.4. The Bertz CT molecular complexity index is 1850. The van der Waals surface area contributed by atoms with E-state index in [0.717, 1.165) is 6.07 Å². The van der Waals surface area contributed by atoms with Crippen LogP contribution in [0.5, 0.6) is 5.75 Å². The predicted molar refractivity (Wildman–Crippen MR) is 166 cm³/mol. The maximum atomic E-state index is 15.3. The maximum absolute atomic E-state index is 15.3. The lowest BCUT2D eigenvalue weighted by Crippen LogP contribution is -2.33. The molecule has 240 valence electrons. The first-order chi connectivity index (χ1) is 22.2. The van der Waals surface area contributed by atoms with Crippen LogP contribution in [0.3, 0.4) is 0 Å². The molecule has 0 aliphatic rings. The summed E-state index contributed by atoms with van der Waals surface area (Å²) in [4.78, 5) is 31.0. The number of nitrogens with zero attached hydrogens (tertiary/aromatic N) is 4. The van der Waals surface area contributed by atoms with Crippen molar-refractivity contribution in [3.05, 3.63) is 76.7 Å². The Hall–Kier alpha value is -4.41. The summed E-state index contributed by atoms with van der Waals surface area (Å²) < 4.78 is 80.1. The molecule has 0 fully saturated rings.